The lowest BCUT2D eigenvalue weighted by Crippen LogP contribution is -2.15. The summed E-state index contributed by atoms with van der Waals surface area (Å²) in [7, 11) is -4.19. The van der Waals surface area contributed by atoms with Gasteiger partial charge in [0.05, 0.1) is 10.5 Å². The van der Waals surface area contributed by atoms with Crippen LogP contribution >= 0.6 is 0 Å². The summed E-state index contributed by atoms with van der Waals surface area (Å²) in [6.07, 6.45) is 0. The number of anilines is 1. The summed E-state index contributed by atoms with van der Waals surface area (Å²) in [5.41, 5.74) is 0.280. The van der Waals surface area contributed by atoms with Gasteiger partial charge in [-0.15, -0.1) is 0 Å². The van der Waals surface area contributed by atoms with Crippen LogP contribution in [0.1, 0.15) is 20.7 Å². The number of benzene rings is 3. The Hall–Kier alpha value is -3.66. The van der Waals surface area contributed by atoms with E-state index in [9.17, 15) is 31.2 Å². The lowest BCUT2D eigenvalue weighted by molar-refractivity contribution is 0.0474. The second-order valence-electron chi connectivity index (χ2n) is 6.26. The first-order chi connectivity index (χ1) is 14.7. The number of hydrogen-bond acceptors (Lipinski definition) is 5. The Morgan fingerprint density at radius 1 is 0.806 bits per heavy atom. The fourth-order valence-corrected chi connectivity index (χ4v) is 3.54. The van der Waals surface area contributed by atoms with Crippen molar-refractivity contribution >= 4 is 27.5 Å². The number of nitrogens with one attached hydrogen (secondary N) is 1. The van der Waals surface area contributed by atoms with Gasteiger partial charge in [0.1, 0.15) is 5.82 Å². The average Bonchev–Trinajstić information content (AvgIpc) is 2.74. The maximum atomic E-state index is 13.3. The standard InChI is InChI=1S/C21H14F3NO5S/c22-15-5-1-13(2-6-15)20(26)12-30-21(27)14-3-7-16(8-4-14)25-31(28,29)17-9-10-18(23)19(24)11-17/h1-11,25H,12H2. The number of carbonyl (C=O) groups excluding carboxylic acids is 2. The molecule has 0 aliphatic rings. The number of carbonyl (C=O) groups is 2. The predicted octanol–water partition coefficient (Wildman–Crippen LogP) is 3.94. The van der Waals surface area contributed by atoms with E-state index in [1.165, 1.54) is 36.4 Å². The lowest BCUT2D eigenvalue weighted by atomic mass is 10.1. The second kappa shape index (κ2) is 9.00. The molecular weight excluding hydrogens is 435 g/mol. The zero-order valence-corrected chi connectivity index (χ0v) is 16.5. The lowest BCUT2D eigenvalue weighted by Gasteiger charge is -2.09. The van der Waals surface area contributed by atoms with Gasteiger partial charge in [-0.05, 0) is 66.7 Å². The minimum atomic E-state index is -4.19. The molecule has 0 amide bonds. The van der Waals surface area contributed by atoms with Gasteiger partial charge in [-0.2, -0.15) is 0 Å². The highest BCUT2D eigenvalue weighted by Crippen LogP contribution is 2.19. The highest BCUT2D eigenvalue weighted by Gasteiger charge is 2.17. The van der Waals surface area contributed by atoms with Crippen molar-refractivity contribution < 1.29 is 35.9 Å². The van der Waals surface area contributed by atoms with Gasteiger partial charge in [-0.3, -0.25) is 9.52 Å². The summed E-state index contributed by atoms with van der Waals surface area (Å²) in [5.74, 6) is -4.35. The molecule has 0 heterocycles. The minimum Gasteiger partial charge on any atom is -0.454 e. The van der Waals surface area contributed by atoms with Crippen molar-refractivity contribution in [3.05, 3.63) is 95.3 Å². The second-order valence-corrected chi connectivity index (χ2v) is 7.95. The van der Waals surface area contributed by atoms with Crippen molar-refractivity contribution in [1.82, 2.24) is 0 Å². The van der Waals surface area contributed by atoms with E-state index >= 15 is 0 Å². The quantitative estimate of drug-likeness (QED) is 0.436. The Kier molecular flexibility index (Phi) is 6.40. The van der Waals surface area contributed by atoms with Crippen molar-refractivity contribution in [2.45, 2.75) is 4.90 Å². The van der Waals surface area contributed by atoms with Crippen LogP contribution in [-0.2, 0) is 14.8 Å². The van der Waals surface area contributed by atoms with Crippen molar-refractivity contribution in [3.8, 4) is 0 Å². The molecule has 0 saturated carbocycles. The number of sulfonamides is 1. The van der Waals surface area contributed by atoms with Crippen molar-refractivity contribution in [3.63, 3.8) is 0 Å². The maximum Gasteiger partial charge on any atom is 0.338 e. The van der Waals surface area contributed by atoms with E-state index < -0.39 is 50.7 Å². The Morgan fingerprint density at radius 2 is 1.42 bits per heavy atom. The SMILES string of the molecule is O=C(COC(=O)c1ccc(NS(=O)(=O)c2ccc(F)c(F)c2)cc1)c1ccc(F)cc1. The molecule has 3 rings (SSSR count). The fraction of sp³-hybridized carbons (Fsp3) is 0.0476. The third-order valence-corrected chi connectivity index (χ3v) is 5.45. The van der Waals surface area contributed by atoms with Crippen LogP contribution in [0.2, 0.25) is 0 Å². The number of ether oxygens (including phenoxy) is 1. The van der Waals surface area contributed by atoms with Gasteiger partial charge in [-0.1, -0.05) is 0 Å². The highest BCUT2D eigenvalue weighted by molar-refractivity contribution is 7.92. The summed E-state index contributed by atoms with van der Waals surface area (Å²) in [6, 6.07) is 11.9. The first-order valence-electron chi connectivity index (χ1n) is 8.69. The topological polar surface area (TPSA) is 89.5 Å². The van der Waals surface area contributed by atoms with Gasteiger partial charge in [0.25, 0.3) is 10.0 Å². The number of ketones is 1. The Bertz CT molecular complexity index is 1230. The first kappa shape index (κ1) is 22.0. The molecular formula is C21H14F3NO5S. The van der Waals surface area contributed by atoms with Gasteiger partial charge in [0.15, 0.2) is 24.0 Å². The van der Waals surface area contributed by atoms with Crippen molar-refractivity contribution in [2.24, 2.45) is 0 Å². The van der Waals surface area contributed by atoms with Crippen LogP contribution in [0, 0.1) is 17.5 Å². The number of halogens is 3. The molecule has 31 heavy (non-hydrogen) atoms. The molecule has 0 saturated heterocycles. The van der Waals surface area contributed by atoms with Crippen LogP contribution in [0.15, 0.2) is 71.6 Å². The summed E-state index contributed by atoms with van der Waals surface area (Å²) in [6.45, 7) is -0.561. The summed E-state index contributed by atoms with van der Waals surface area (Å²) >= 11 is 0. The highest BCUT2D eigenvalue weighted by atomic mass is 32.2. The van der Waals surface area contributed by atoms with E-state index in [1.54, 1.807) is 0 Å². The Morgan fingerprint density at radius 3 is 2.03 bits per heavy atom. The van der Waals surface area contributed by atoms with E-state index in [-0.39, 0.29) is 16.8 Å². The monoisotopic (exact) mass is 449 g/mol. The van der Waals surface area contributed by atoms with Gasteiger partial charge >= 0.3 is 5.97 Å². The largest absolute Gasteiger partial charge is 0.454 e. The van der Waals surface area contributed by atoms with Gasteiger partial charge in [-0.25, -0.2) is 26.4 Å². The molecule has 0 aromatic heterocycles. The Balaban J connectivity index is 1.62. The normalized spacial score (nSPS) is 11.1. The molecule has 6 nitrogen and oxygen atoms in total. The van der Waals surface area contributed by atoms with E-state index in [1.807, 2.05) is 0 Å². The number of esters is 1. The smallest absolute Gasteiger partial charge is 0.338 e. The third kappa shape index (κ3) is 5.48. The molecule has 0 aliphatic carbocycles. The maximum absolute atomic E-state index is 13.3. The average molecular weight is 449 g/mol. The van der Waals surface area contributed by atoms with Crippen LogP contribution < -0.4 is 4.72 Å². The summed E-state index contributed by atoms with van der Waals surface area (Å²) in [4.78, 5) is 23.5. The molecule has 10 heteroatoms. The fourth-order valence-electron chi connectivity index (χ4n) is 2.47. The molecule has 0 radical (unpaired) electrons. The van der Waals surface area contributed by atoms with E-state index in [0.29, 0.717) is 12.1 Å². The molecule has 0 spiro atoms. The third-order valence-electron chi connectivity index (χ3n) is 4.07. The van der Waals surface area contributed by atoms with E-state index in [0.717, 1.165) is 18.2 Å². The zero-order valence-electron chi connectivity index (χ0n) is 15.6. The van der Waals surface area contributed by atoms with E-state index in [2.05, 4.69) is 4.72 Å². The molecule has 160 valence electrons. The number of Topliss-reactive ketones (excluding diaryl/α,β-unsaturated/α-hetero) is 1. The van der Waals surface area contributed by atoms with Crippen LogP contribution in [0.4, 0.5) is 18.9 Å². The predicted molar refractivity (Wildman–Crippen MR) is 105 cm³/mol. The molecule has 0 unspecified atom stereocenters. The summed E-state index contributed by atoms with van der Waals surface area (Å²) < 4.78 is 70.8. The van der Waals surface area contributed by atoms with Gasteiger partial charge < -0.3 is 4.74 Å². The molecule has 0 aliphatic heterocycles. The Labute approximate surface area is 175 Å². The zero-order chi connectivity index (χ0) is 22.6. The van der Waals surface area contributed by atoms with Gasteiger partial charge in [0.2, 0.25) is 0 Å². The van der Waals surface area contributed by atoms with Crippen LogP contribution in [0.5, 0.6) is 0 Å². The van der Waals surface area contributed by atoms with Gasteiger partial charge in [0, 0.05) is 11.3 Å². The van der Waals surface area contributed by atoms with Crippen LogP contribution in [-0.4, -0.2) is 26.8 Å². The molecule has 0 atom stereocenters. The molecule has 0 bridgehead atoms. The molecule has 0 fully saturated rings. The van der Waals surface area contributed by atoms with E-state index in [4.69, 9.17) is 4.74 Å². The van der Waals surface area contributed by atoms with Crippen molar-refractivity contribution in [2.75, 3.05) is 11.3 Å². The molecule has 3 aromatic rings. The van der Waals surface area contributed by atoms with Crippen molar-refractivity contribution in [1.29, 1.82) is 0 Å². The first-order valence-corrected chi connectivity index (χ1v) is 10.2. The number of hydrogen-bond donors (Lipinski definition) is 1. The molecule has 1 N–H and O–H groups in total. The minimum absolute atomic E-state index is 0.0441. The van der Waals surface area contributed by atoms with Crippen LogP contribution in [0.3, 0.4) is 0 Å². The number of rotatable bonds is 7. The molecule has 3 aromatic carbocycles. The van der Waals surface area contributed by atoms with Crippen LogP contribution in [0.25, 0.3) is 0 Å². The summed E-state index contributed by atoms with van der Waals surface area (Å²) in [5, 5.41) is 0.